The maximum atomic E-state index is 8.83. The average molecular weight is 202 g/mol. The van der Waals surface area contributed by atoms with Gasteiger partial charge < -0.3 is 11.1 Å². The van der Waals surface area contributed by atoms with Gasteiger partial charge in [-0.1, -0.05) is 0 Å². The van der Waals surface area contributed by atoms with E-state index in [1.807, 2.05) is 0 Å². The Hall–Kier alpha value is -1.76. The molecule has 0 aromatic carbocycles. The minimum absolute atomic E-state index is 0.106. The number of nitrogens with two attached hydrogens (primary N) is 1. The van der Waals surface area contributed by atoms with Gasteiger partial charge in [0, 0.05) is 11.7 Å². The highest BCUT2D eigenvalue weighted by molar-refractivity contribution is 5.69. The molecule has 4 nitrogen and oxygen atoms in total. The Balaban J connectivity index is 2.25. The van der Waals surface area contributed by atoms with Gasteiger partial charge in [0.15, 0.2) is 5.82 Å². The van der Waals surface area contributed by atoms with Crippen LogP contribution in [0, 0.1) is 11.3 Å². The molecule has 0 amide bonds. The molecule has 2 rings (SSSR count). The Labute approximate surface area is 89.1 Å². The van der Waals surface area contributed by atoms with E-state index >= 15 is 0 Å². The van der Waals surface area contributed by atoms with Crippen LogP contribution in [0.5, 0.6) is 0 Å². The average Bonchev–Trinajstić information content (AvgIpc) is 2.19. The third-order valence-electron chi connectivity index (χ3n) is 2.99. The lowest BCUT2D eigenvalue weighted by molar-refractivity contribution is 0.306. The molecule has 4 heteroatoms. The number of aromatic nitrogens is 1. The van der Waals surface area contributed by atoms with Gasteiger partial charge in [0.05, 0.1) is 11.3 Å². The van der Waals surface area contributed by atoms with Crippen molar-refractivity contribution in [2.45, 2.75) is 31.7 Å². The van der Waals surface area contributed by atoms with Crippen LogP contribution in [-0.2, 0) is 0 Å². The predicted octanol–water partition coefficient (Wildman–Crippen LogP) is 1.89. The predicted molar refractivity (Wildman–Crippen MR) is 59.2 cm³/mol. The van der Waals surface area contributed by atoms with Crippen molar-refractivity contribution < 1.29 is 0 Å². The molecule has 0 aliphatic heterocycles. The molecule has 1 aromatic rings. The first-order chi connectivity index (χ1) is 7.14. The van der Waals surface area contributed by atoms with Crippen molar-refractivity contribution in [1.82, 2.24) is 4.98 Å². The van der Waals surface area contributed by atoms with Crippen molar-refractivity contribution in [1.29, 1.82) is 5.26 Å². The number of pyridine rings is 1. The molecule has 1 saturated carbocycles. The van der Waals surface area contributed by atoms with Crippen molar-refractivity contribution in [3.63, 3.8) is 0 Å². The first-order valence-corrected chi connectivity index (χ1v) is 5.07. The molecule has 0 radical (unpaired) electrons. The number of nitrogen functional groups attached to an aromatic ring is 1. The molecule has 1 fully saturated rings. The van der Waals surface area contributed by atoms with Gasteiger partial charge in [-0.25, -0.2) is 4.98 Å². The summed E-state index contributed by atoms with van der Waals surface area (Å²) in [5.74, 6) is 0.635. The normalized spacial score (nSPS) is 17.6. The number of hydrogen-bond donors (Lipinski definition) is 2. The second kappa shape index (κ2) is 3.43. The van der Waals surface area contributed by atoms with E-state index in [1.54, 1.807) is 12.3 Å². The standard InChI is InChI=1S/C11H14N4/c1-11(4-2-5-11)15-10-9(13)8(7-12)3-6-14-10/h3,6H,2,4-5,13H2,1H3,(H,14,15). The molecule has 0 bridgehead atoms. The molecular formula is C11H14N4. The maximum Gasteiger partial charge on any atom is 0.150 e. The first kappa shape index (κ1) is 9.78. The zero-order valence-electron chi connectivity index (χ0n) is 8.75. The molecule has 0 unspecified atom stereocenters. The quantitative estimate of drug-likeness (QED) is 0.768. The van der Waals surface area contributed by atoms with Gasteiger partial charge >= 0.3 is 0 Å². The molecule has 1 aliphatic rings. The van der Waals surface area contributed by atoms with Gasteiger partial charge in [-0.15, -0.1) is 0 Å². The number of rotatable bonds is 2. The highest BCUT2D eigenvalue weighted by Gasteiger charge is 2.32. The Morgan fingerprint density at radius 1 is 1.60 bits per heavy atom. The Morgan fingerprint density at radius 2 is 2.33 bits per heavy atom. The molecule has 78 valence electrons. The lowest BCUT2D eigenvalue weighted by atomic mass is 9.78. The van der Waals surface area contributed by atoms with Crippen LogP contribution in [0.1, 0.15) is 31.7 Å². The summed E-state index contributed by atoms with van der Waals surface area (Å²) < 4.78 is 0. The third-order valence-corrected chi connectivity index (χ3v) is 2.99. The SMILES string of the molecule is CC1(Nc2nccc(C#N)c2N)CCC1. The second-order valence-corrected chi connectivity index (χ2v) is 4.27. The van der Waals surface area contributed by atoms with E-state index < -0.39 is 0 Å². The lowest BCUT2D eigenvalue weighted by Crippen LogP contribution is -2.42. The molecular weight excluding hydrogens is 188 g/mol. The summed E-state index contributed by atoms with van der Waals surface area (Å²) in [5, 5.41) is 12.1. The summed E-state index contributed by atoms with van der Waals surface area (Å²) in [7, 11) is 0. The Morgan fingerprint density at radius 3 is 2.87 bits per heavy atom. The summed E-state index contributed by atoms with van der Waals surface area (Å²) in [6.45, 7) is 2.15. The number of nitrogens with zero attached hydrogens (tertiary/aromatic N) is 2. The van der Waals surface area contributed by atoms with Gasteiger partial charge in [-0.3, -0.25) is 0 Å². The summed E-state index contributed by atoms with van der Waals surface area (Å²) in [6, 6.07) is 3.68. The van der Waals surface area contributed by atoms with Crippen LogP contribution in [-0.4, -0.2) is 10.5 Å². The summed E-state index contributed by atoms with van der Waals surface area (Å²) in [4.78, 5) is 4.17. The van der Waals surface area contributed by atoms with Crippen LogP contribution in [0.15, 0.2) is 12.3 Å². The molecule has 3 N–H and O–H groups in total. The monoisotopic (exact) mass is 202 g/mol. The van der Waals surface area contributed by atoms with Crippen LogP contribution in [0.25, 0.3) is 0 Å². The largest absolute Gasteiger partial charge is 0.395 e. The number of nitriles is 1. The van der Waals surface area contributed by atoms with Crippen molar-refractivity contribution in [3.8, 4) is 6.07 Å². The Bertz CT molecular complexity index is 415. The number of hydrogen-bond acceptors (Lipinski definition) is 4. The summed E-state index contributed by atoms with van der Waals surface area (Å²) >= 11 is 0. The maximum absolute atomic E-state index is 8.83. The minimum Gasteiger partial charge on any atom is -0.395 e. The summed E-state index contributed by atoms with van der Waals surface area (Å²) in [6.07, 6.45) is 5.11. The molecule has 0 saturated heterocycles. The summed E-state index contributed by atoms with van der Waals surface area (Å²) in [5.41, 5.74) is 6.87. The fourth-order valence-electron chi connectivity index (χ4n) is 1.79. The first-order valence-electron chi connectivity index (χ1n) is 5.07. The zero-order chi connectivity index (χ0) is 10.9. The van der Waals surface area contributed by atoms with Gasteiger partial charge in [-0.2, -0.15) is 5.26 Å². The van der Waals surface area contributed by atoms with Gasteiger partial charge in [0.2, 0.25) is 0 Å². The minimum atomic E-state index is 0.106. The van der Waals surface area contributed by atoms with Crippen molar-refractivity contribution in [2.75, 3.05) is 11.1 Å². The van der Waals surface area contributed by atoms with E-state index in [0.717, 1.165) is 12.8 Å². The van der Waals surface area contributed by atoms with Crippen LogP contribution >= 0.6 is 0 Å². The fourth-order valence-corrected chi connectivity index (χ4v) is 1.79. The fraction of sp³-hybridized carbons (Fsp3) is 0.455. The molecule has 1 aliphatic carbocycles. The molecule has 15 heavy (non-hydrogen) atoms. The lowest BCUT2D eigenvalue weighted by Gasteiger charge is -2.39. The second-order valence-electron chi connectivity index (χ2n) is 4.27. The van der Waals surface area contributed by atoms with Crippen LogP contribution in [0.4, 0.5) is 11.5 Å². The highest BCUT2D eigenvalue weighted by Crippen LogP contribution is 2.35. The zero-order valence-corrected chi connectivity index (χ0v) is 8.75. The number of anilines is 2. The van der Waals surface area contributed by atoms with E-state index in [-0.39, 0.29) is 5.54 Å². The smallest absolute Gasteiger partial charge is 0.150 e. The highest BCUT2D eigenvalue weighted by atomic mass is 15.1. The Kier molecular flexibility index (Phi) is 2.24. The molecule has 1 heterocycles. The number of nitrogens with one attached hydrogen (secondary N) is 1. The van der Waals surface area contributed by atoms with Gasteiger partial charge in [0.25, 0.3) is 0 Å². The third kappa shape index (κ3) is 1.73. The van der Waals surface area contributed by atoms with Crippen LogP contribution in [0.2, 0.25) is 0 Å². The van der Waals surface area contributed by atoms with E-state index in [1.165, 1.54) is 6.42 Å². The molecule has 0 atom stereocenters. The van der Waals surface area contributed by atoms with Crippen molar-refractivity contribution in [2.24, 2.45) is 0 Å². The molecule has 1 aromatic heterocycles. The van der Waals surface area contributed by atoms with Gasteiger partial charge in [-0.05, 0) is 32.3 Å². The van der Waals surface area contributed by atoms with Crippen LogP contribution in [0.3, 0.4) is 0 Å². The van der Waals surface area contributed by atoms with Crippen molar-refractivity contribution >= 4 is 11.5 Å². The van der Waals surface area contributed by atoms with Gasteiger partial charge in [0.1, 0.15) is 6.07 Å². The topological polar surface area (TPSA) is 74.7 Å². The van der Waals surface area contributed by atoms with Crippen molar-refractivity contribution in [3.05, 3.63) is 17.8 Å². The van der Waals surface area contributed by atoms with E-state index in [9.17, 15) is 0 Å². The van der Waals surface area contributed by atoms with E-state index in [2.05, 4.69) is 23.3 Å². The van der Waals surface area contributed by atoms with Crippen LogP contribution < -0.4 is 11.1 Å². The van der Waals surface area contributed by atoms with E-state index in [4.69, 9.17) is 11.0 Å². The van der Waals surface area contributed by atoms with E-state index in [0.29, 0.717) is 17.1 Å². The molecule has 0 spiro atoms.